The normalized spacial score (nSPS) is 14.3. The molecule has 0 bridgehead atoms. The highest BCUT2D eigenvalue weighted by atomic mass is 35.5. The third-order valence-electron chi connectivity index (χ3n) is 2.53. The van der Waals surface area contributed by atoms with Gasteiger partial charge in [0.15, 0.2) is 0 Å². The molecule has 1 aromatic rings. The predicted molar refractivity (Wildman–Crippen MR) is 76.7 cm³/mol. The molecule has 1 unspecified atom stereocenters. The lowest BCUT2D eigenvalue weighted by Gasteiger charge is -2.28. The molecule has 1 aromatic carbocycles. The molecule has 0 spiro atoms. The van der Waals surface area contributed by atoms with Crippen LogP contribution in [0.25, 0.3) is 0 Å². The van der Waals surface area contributed by atoms with Crippen LogP contribution in [0, 0.1) is 0 Å². The molecule has 0 saturated carbocycles. The number of hydrogen-bond donors (Lipinski definition) is 2. The fourth-order valence-electron chi connectivity index (χ4n) is 1.56. The van der Waals surface area contributed by atoms with Gasteiger partial charge in [-0.3, -0.25) is 0 Å². The molecule has 1 atom stereocenters. The van der Waals surface area contributed by atoms with E-state index in [0.717, 1.165) is 0 Å². The molecule has 0 aromatic heterocycles. The van der Waals surface area contributed by atoms with Gasteiger partial charge < -0.3 is 4.74 Å². The number of benzene rings is 1. The zero-order valence-corrected chi connectivity index (χ0v) is 12.8. The van der Waals surface area contributed by atoms with Gasteiger partial charge in [0.2, 0.25) is 0 Å². The van der Waals surface area contributed by atoms with Crippen LogP contribution in [0.5, 0.6) is 0 Å². The quantitative estimate of drug-likeness (QED) is 0.782. The lowest BCUT2D eigenvalue weighted by Crippen LogP contribution is -2.51. The summed E-state index contributed by atoms with van der Waals surface area (Å²) < 4.78 is 32.4. The van der Waals surface area contributed by atoms with Gasteiger partial charge in [0.25, 0.3) is 0 Å². The van der Waals surface area contributed by atoms with Crippen LogP contribution in [0.2, 0.25) is 0 Å². The highest BCUT2D eigenvalue weighted by molar-refractivity contribution is 7.88. The summed E-state index contributed by atoms with van der Waals surface area (Å²) in [5.74, 6) is 0.000743. The number of rotatable bonds is 6. The first-order chi connectivity index (χ1) is 9.33. The molecule has 112 valence electrons. The molecule has 0 saturated heterocycles. The smallest absolute Gasteiger partial charge is 0.421 e. The summed E-state index contributed by atoms with van der Waals surface area (Å²) in [5.41, 5.74) is -0.356. The van der Waals surface area contributed by atoms with Gasteiger partial charge in [0.05, 0.1) is 12.1 Å². The summed E-state index contributed by atoms with van der Waals surface area (Å²) in [5, 5.41) is 0. The van der Waals surface area contributed by atoms with Gasteiger partial charge in [-0.05, 0) is 19.4 Å². The molecule has 6 nitrogen and oxygen atoms in total. The van der Waals surface area contributed by atoms with Crippen LogP contribution in [0.1, 0.15) is 19.4 Å². The van der Waals surface area contributed by atoms with Crippen molar-refractivity contribution in [3.05, 3.63) is 35.9 Å². The molecule has 0 aliphatic carbocycles. The van der Waals surface area contributed by atoms with Gasteiger partial charge in [-0.2, -0.15) is 13.1 Å². The van der Waals surface area contributed by atoms with Gasteiger partial charge in [-0.15, -0.1) is 11.6 Å². The minimum atomic E-state index is -4.08. The summed E-state index contributed by atoms with van der Waals surface area (Å²) in [6.07, 6.45) is -1.04. The van der Waals surface area contributed by atoms with Crippen LogP contribution in [-0.4, -0.2) is 27.0 Å². The Labute approximate surface area is 123 Å². The fraction of sp³-hybridized carbons (Fsp3) is 0.417. The number of hydrogen-bond acceptors (Lipinski definition) is 4. The van der Waals surface area contributed by atoms with Crippen molar-refractivity contribution >= 4 is 27.9 Å². The SMILES string of the molecule is CCOC(=O)NS(=O)(=O)NC(C)(CCl)c1ccccc1. The van der Waals surface area contributed by atoms with E-state index in [1.165, 1.54) is 0 Å². The van der Waals surface area contributed by atoms with Crippen LogP contribution in [-0.2, 0) is 20.5 Å². The van der Waals surface area contributed by atoms with Crippen molar-refractivity contribution in [1.82, 2.24) is 9.44 Å². The zero-order valence-electron chi connectivity index (χ0n) is 11.2. The number of amides is 1. The molecule has 2 N–H and O–H groups in total. The summed E-state index contributed by atoms with van der Waals surface area (Å²) >= 11 is 5.88. The maximum absolute atomic E-state index is 11.9. The minimum Gasteiger partial charge on any atom is -0.449 e. The molecule has 20 heavy (non-hydrogen) atoms. The van der Waals surface area contributed by atoms with Crippen molar-refractivity contribution in [1.29, 1.82) is 0 Å². The molecule has 0 aliphatic heterocycles. The van der Waals surface area contributed by atoms with Crippen molar-refractivity contribution in [3.8, 4) is 0 Å². The monoisotopic (exact) mass is 320 g/mol. The average molecular weight is 321 g/mol. The van der Waals surface area contributed by atoms with E-state index < -0.39 is 21.8 Å². The van der Waals surface area contributed by atoms with Crippen molar-refractivity contribution in [2.45, 2.75) is 19.4 Å². The van der Waals surface area contributed by atoms with Crippen molar-refractivity contribution in [2.24, 2.45) is 0 Å². The number of carbonyl (C=O) groups excluding carboxylic acids is 1. The fourth-order valence-corrected chi connectivity index (χ4v) is 2.97. The second-order valence-electron chi connectivity index (χ2n) is 4.26. The molecule has 0 aliphatic rings. The second kappa shape index (κ2) is 6.92. The van der Waals surface area contributed by atoms with Crippen molar-refractivity contribution in [2.75, 3.05) is 12.5 Å². The molecule has 1 rings (SSSR count). The standard InChI is InChI=1S/C12H17ClN2O4S/c1-3-19-11(16)14-20(17,18)15-12(2,9-13)10-7-5-4-6-8-10/h4-8,15H,3,9H2,1-2H3,(H,14,16). The summed E-state index contributed by atoms with van der Waals surface area (Å²) in [6, 6.07) is 8.84. The molecule has 1 amide bonds. The van der Waals surface area contributed by atoms with E-state index >= 15 is 0 Å². The number of ether oxygens (including phenoxy) is 1. The highest BCUT2D eigenvalue weighted by Gasteiger charge is 2.31. The summed E-state index contributed by atoms with van der Waals surface area (Å²) in [7, 11) is -4.08. The van der Waals surface area contributed by atoms with Crippen LogP contribution in [0.4, 0.5) is 4.79 Å². The zero-order chi connectivity index (χ0) is 15.2. The van der Waals surface area contributed by atoms with E-state index in [9.17, 15) is 13.2 Å². The van der Waals surface area contributed by atoms with E-state index in [0.29, 0.717) is 5.56 Å². The largest absolute Gasteiger partial charge is 0.449 e. The lowest BCUT2D eigenvalue weighted by molar-refractivity contribution is 0.158. The molecule has 0 heterocycles. The molecular formula is C12H17ClN2O4S. The van der Waals surface area contributed by atoms with Gasteiger partial charge in [0.1, 0.15) is 0 Å². The Kier molecular flexibility index (Phi) is 5.79. The minimum absolute atomic E-state index is 0.000743. The van der Waals surface area contributed by atoms with Crippen LogP contribution in [0.15, 0.2) is 30.3 Å². The Morgan fingerprint density at radius 2 is 1.95 bits per heavy atom. The van der Waals surface area contributed by atoms with E-state index in [2.05, 4.69) is 9.46 Å². The number of alkyl halides is 1. The second-order valence-corrected chi connectivity index (χ2v) is 5.94. The van der Waals surface area contributed by atoms with E-state index in [4.69, 9.17) is 11.6 Å². The molecular weight excluding hydrogens is 304 g/mol. The Morgan fingerprint density at radius 1 is 1.35 bits per heavy atom. The van der Waals surface area contributed by atoms with Gasteiger partial charge in [-0.25, -0.2) is 9.52 Å². The van der Waals surface area contributed by atoms with Crippen LogP contribution >= 0.6 is 11.6 Å². The Morgan fingerprint density at radius 3 is 2.45 bits per heavy atom. The average Bonchev–Trinajstić information content (AvgIpc) is 2.38. The maximum atomic E-state index is 11.9. The number of carbonyl (C=O) groups is 1. The van der Waals surface area contributed by atoms with Crippen LogP contribution in [0.3, 0.4) is 0 Å². The first-order valence-corrected chi connectivity index (χ1v) is 7.94. The predicted octanol–water partition coefficient (Wildman–Crippen LogP) is 1.72. The lowest BCUT2D eigenvalue weighted by atomic mass is 9.96. The van der Waals surface area contributed by atoms with Crippen LogP contribution < -0.4 is 9.44 Å². The summed E-state index contributed by atoms with van der Waals surface area (Å²) in [6.45, 7) is 3.28. The van der Waals surface area contributed by atoms with Crippen molar-refractivity contribution < 1.29 is 17.9 Å². The first-order valence-electron chi connectivity index (χ1n) is 5.93. The Hall–Kier alpha value is -1.31. The van der Waals surface area contributed by atoms with Crippen molar-refractivity contribution in [3.63, 3.8) is 0 Å². The third-order valence-corrected chi connectivity index (χ3v) is 4.22. The molecule has 0 radical (unpaired) electrons. The van der Waals surface area contributed by atoms with E-state index in [-0.39, 0.29) is 12.5 Å². The number of halogens is 1. The summed E-state index contributed by atoms with van der Waals surface area (Å²) in [4.78, 5) is 11.2. The van der Waals surface area contributed by atoms with E-state index in [1.807, 2.05) is 6.07 Å². The topological polar surface area (TPSA) is 84.5 Å². The van der Waals surface area contributed by atoms with Gasteiger partial charge in [0, 0.05) is 5.88 Å². The molecule has 0 fully saturated rings. The Bertz CT molecular complexity index is 550. The third kappa shape index (κ3) is 4.66. The molecule has 8 heteroatoms. The number of nitrogens with one attached hydrogen (secondary N) is 2. The first kappa shape index (κ1) is 16.7. The Balaban J connectivity index is 2.90. The maximum Gasteiger partial charge on any atom is 0.421 e. The van der Waals surface area contributed by atoms with Gasteiger partial charge >= 0.3 is 16.3 Å². The van der Waals surface area contributed by atoms with Gasteiger partial charge in [-0.1, -0.05) is 30.3 Å². The van der Waals surface area contributed by atoms with E-state index in [1.54, 1.807) is 42.8 Å². The highest BCUT2D eigenvalue weighted by Crippen LogP contribution is 2.22.